The molecular weight excluding hydrogens is 216 g/mol. The molecule has 4 nitrogen and oxygen atoms in total. The van der Waals surface area contributed by atoms with E-state index in [2.05, 4.69) is 6.92 Å². The first-order valence-electron chi connectivity index (χ1n) is 5.93. The second kappa shape index (κ2) is 6.78. The van der Waals surface area contributed by atoms with Crippen molar-refractivity contribution < 1.29 is 9.53 Å². The molecule has 0 aliphatic rings. The number of carbonyl (C=O) groups excluding carboxylic acids is 1. The molecule has 1 rings (SSSR count). The predicted octanol–water partition coefficient (Wildman–Crippen LogP) is 2.05. The standard InChI is InChI=1S/C13H20N2O2/c1-3-8-15(10-13(16)17-4-2)12-7-5-6-11(14)9-12/h5-7,9H,3-4,8,10,14H2,1-2H3. The van der Waals surface area contributed by atoms with E-state index in [1.165, 1.54) is 0 Å². The number of carbonyl (C=O) groups is 1. The summed E-state index contributed by atoms with van der Waals surface area (Å²) in [5.41, 5.74) is 7.40. The van der Waals surface area contributed by atoms with Crippen molar-refractivity contribution in [3.05, 3.63) is 24.3 Å². The van der Waals surface area contributed by atoms with Crippen molar-refractivity contribution in [2.24, 2.45) is 0 Å². The van der Waals surface area contributed by atoms with Gasteiger partial charge in [-0.25, -0.2) is 0 Å². The lowest BCUT2D eigenvalue weighted by Gasteiger charge is -2.23. The number of nitrogens with two attached hydrogens (primary N) is 1. The van der Waals surface area contributed by atoms with E-state index in [1.807, 2.05) is 36.1 Å². The van der Waals surface area contributed by atoms with E-state index in [4.69, 9.17) is 10.5 Å². The largest absolute Gasteiger partial charge is 0.465 e. The maximum atomic E-state index is 11.5. The Kier molecular flexibility index (Phi) is 5.33. The molecule has 4 heteroatoms. The van der Waals surface area contributed by atoms with E-state index in [0.29, 0.717) is 12.3 Å². The molecule has 2 N–H and O–H groups in total. The second-order valence-corrected chi connectivity index (χ2v) is 3.82. The number of rotatable bonds is 6. The van der Waals surface area contributed by atoms with Gasteiger partial charge in [-0.2, -0.15) is 0 Å². The summed E-state index contributed by atoms with van der Waals surface area (Å²) in [6.07, 6.45) is 0.966. The maximum absolute atomic E-state index is 11.5. The molecule has 0 radical (unpaired) electrons. The quantitative estimate of drug-likeness (QED) is 0.606. The van der Waals surface area contributed by atoms with Crippen molar-refractivity contribution in [2.45, 2.75) is 20.3 Å². The molecule has 0 fully saturated rings. The van der Waals surface area contributed by atoms with E-state index < -0.39 is 0 Å². The molecule has 0 aliphatic carbocycles. The van der Waals surface area contributed by atoms with Crippen molar-refractivity contribution in [1.29, 1.82) is 0 Å². The Hall–Kier alpha value is -1.71. The van der Waals surface area contributed by atoms with Crippen LogP contribution in [0.25, 0.3) is 0 Å². The van der Waals surface area contributed by atoms with Crippen molar-refractivity contribution in [3.8, 4) is 0 Å². The van der Waals surface area contributed by atoms with Gasteiger partial charge in [-0.15, -0.1) is 0 Å². The lowest BCUT2D eigenvalue weighted by molar-refractivity contribution is -0.141. The van der Waals surface area contributed by atoms with Gasteiger partial charge < -0.3 is 15.4 Å². The highest BCUT2D eigenvalue weighted by Gasteiger charge is 2.11. The molecule has 17 heavy (non-hydrogen) atoms. The molecule has 1 aromatic carbocycles. The lowest BCUT2D eigenvalue weighted by atomic mass is 10.2. The number of hydrogen-bond acceptors (Lipinski definition) is 4. The van der Waals surface area contributed by atoms with Crippen LogP contribution in [-0.2, 0) is 9.53 Å². The highest BCUT2D eigenvalue weighted by molar-refractivity contribution is 5.76. The Morgan fingerprint density at radius 2 is 2.18 bits per heavy atom. The average Bonchev–Trinajstić information content (AvgIpc) is 2.29. The number of esters is 1. The van der Waals surface area contributed by atoms with Gasteiger partial charge in [-0.05, 0) is 31.5 Å². The summed E-state index contributed by atoms with van der Waals surface area (Å²) in [5.74, 6) is -0.205. The molecule has 0 saturated heterocycles. The Labute approximate surface area is 102 Å². The summed E-state index contributed by atoms with van der Waals surface area (Å²) in [7, 11) is 0. The SMILES string of the molecule is CCCN(CC(=O)OCC)c1cccc(N)c1. The van der Waals surface area contributed by atoms with Crippen LogP contribution in [0.1, 0.15) is 20.3 Å². The number of nitrogens with zero attached hydrogens (tertiary/aromatic N) is 1. The smallest absolute Gasteiger partial charge is 0.325 e. The van der Waals surface area contributed by atoms with Crippen molar-refractivity contribution in [1.82, 2.24) is 0 Å². The maximum Gasteiger partial charge on any atom is 0.325 e. The minimum Gasteiger partial charge on any atom is -0.465 e. The predicted molar refractivity (Wildman–Crippen MR) is 70.0 cm³/mol. The van der Waals surface area contributed by atoms with Crippen LogP contribution in [0.3, 0.4) is 0 Å². The lowest BCUT2D eigenvalue weighted by Crippen LogP contribution is -2.31. The molecule has 94 valence electrons. The van der Waals surface area contributed by atoms with Gasteiger partial charge in [0.15, 0.2) is 0 Å². The zero-order valence-electron chi connectivity index (χ0n) is 10.5. The molecular formula is C13H20N2O2. The summed E-state index contributed by atoms with van der Waals surface area (Å²) < 4.78 is 4.96. The monoisotopic (exact) mass is 236 g/mol. The van der Waals surface area contributed by atoms with Crippen LogP contribution in [0.5, 0.6) is 0 Å². The fraction of sp³-hybridized carbons (Fsp3) is 0.462. The van der Waals surface area contributed by atoms with Crippen LogP contribution in [0.2, 0.25) is 0 Å². The fourth-order valence-corrected chi connectivity index (χ4v) is 1.65. The molecule has 0 heterocycles. The molecule has 0 saturated carbocycles. The molecule has 0 spiro atoms. The Morgan fingerprint density at radius 1 is 1.41 bits per heavy atom. The first kappa shape index (κ1) is 13.4. The fourth-order valence-electron chi connectivity index (χ4n) is 1.65. The molecule has 1 aromatic rings. The van der Waals surface area contributed by atoms with Crippen LogP contribution in [0, 0.1) is 0 Å². The molecule has 0 unspecified atom stereocenters. The van der Waals surface area contributed by atoms with Gasteiger partial charge in [-0.1, -0.05) is 13.0 Å². The zero-order chi connectivity index (χ0) is 12.7. The highest BCUT2D eigenvalue weighted by Crippen LogP contribution is 2.17. The number of anilines is 2. The summed E-state index contributed by atoms with van der Waals surface area (Å²) >= 11 is 0. The summed E-state index contributed by atoms with van der Waals surface area (Å²) in [5, 5.41) is 0. The second-order valence-electron chi connectivity index (χ2n) is 3.82. The van der Waals surface area contributed by atoms with E-state index in [-0.39, 0.29) is 12.5 Å². The topological polar surface area (TPSA) is 55.6 Å². The van der Waals surface area contributed by atoms with Gasteiger partial charge in [0, 0.05) is 17.9 Å². The molecule has 0 atom stereocenters. The minimum absolute atomic E-state index is 0.205. The minimum atomic E-state index is -0.205. The number of benzene rings is 1. The normalized spacial score (nSPS) is 10.0. The third-order valence-electron chi connectivity index (χ3n) is 2.35. The van der Waals surface area contributed by atoms with Gasteiger partial charge >= 0.3 is 5.97 Å². The van der Waals surface area contributed by atoms with Crippen LogP contribution < -0.4 is 10.6 Å². The summed E-state index contributed by atoms with van der Waals surface area (Å²) in [6, 6.07) is 7.54. The van der Waals surface area contributed by atoms with Crippen molar-refractivity contribution in [3.63, 3.8) is 0 Å². The van der Waals surface area contributed by atoms with Crippen molar-refractivity contribution in [2.75, 3.05) is 30.3 Å². The van der Waals surface area contributed by atoms with Gasteiger partial charge in [0.2, 0.25) is 0 Å². The van der Waals surface area contributed by atoms with E-state index >= 15 is 0 Å². The summed E-state index contributed by atoms with van der Waals surface area (Å²) in [6.45, 7) is 5.37. The Balaban J connectivity index is 2.74. The zero-order valence-corrected chi connectivity index (χ0v) is 10.5. The molecule has 0 aliphatic heterocycles. The Morgan fingerprint density at radius 3 is 2.76 bits per heavy atom. The first-order valence-corrected chi connectivity index (χ1v) is 5.93. The van der Waals surface area contributed by atoms with Gasteiger partial charge in [0.1, 0.15) is 6.54 Å². The van der Waals surface area contributed by atoms with Crippen molar-refractivity contribution >= 4 is 17.3 Å². The molecule has 0 amide bonds. The van der Waals surface area contributed by atoms with E-state index in [1.54, 1.807) is 0 Å². The molecule has 0 aromatic heterocycles. The summed E-state index contributed by atoms with van der Waals surface area (Å²) in [4.78, 5) is 13.5. The van der Waals surface area contributed by atoms with Gasteiger partial charge in [0.05, 0.1) is 6.61 Å². The first-order chi connectivity index (χ1) is 8.17. The highest BCUT2D eigenvalue weighted by atomic mass is 16.5. The number of nitrogen functional groups attached to an aromatic ring is 1. The van der Waals surface area contributed by atoms with Gasteiger partial charge in [0.25, 0.3) is 0 Å². The Bertz CT molecular complexity index is 366. The van der Waals surface area contributed by atoms with Crippen LogP contribution >= 0.6 is 0 Å². The van der Waals surface area contributed by atoms with E-state index in [0.717, 1.165) is 18.7 Å². The number of hydrogen-bond donors (Lipinski definition) is 1. The van der Waals surface area contributed by atoms with Crippen LogP contribution in [-0.4, -0.2) is 25.7 Å². The van der Waals surface area contributed by atoms with E-state index in [9.17, 15) is 4.79 Å². The van der Waals surface area contributed by atoms with Gasteiger partial charge in [-0.3, -0.25) is 4.79 Å². The van der Waals surface area contributed by atoms with Crippen LogP contribution in [0.15, 0.2) is 24.3 Å². The third kappa shape index (κ3) is 4.34. The number of ether oxygens (including phenoxy) is 1. The third-order valence-corrected chi connectivity index (χ3v) is 2.35. The average molecular weight is 236 g/mol. The molecule has 0 bridgehead atoms. The van der Waals surface area contributed by atoms with Crippen LogP contribution in [0.4, 0.5) is 11.4 Å².